The zero-order valence-electron chi connectivity index (χ0n) is 14.6. The van der Waals surface area contributed by atoms with E-state index in [2.05, 4.69) is 5.32 Å². The molecule has 2 rings (SSSR count). The summed E-state index contributed by atoms with van der Waals surface area (Å²) in [7, 11) is 3.77. The van der Waals surface area contributed by atoms with Crippen molar-refractivity contribution in [2.75, 3.05) is 37.5 Å². The van der Waals surface area contributed by atoms with E-state index >= 15 is 0 Å². The van der Waals surface area contributed by atoms with E-state index in [0.717, 1.165) is 5.69 Å². The molecule has 0 aliphatic rings. The van der Waals surface area contributed by atoms with Gasteiger partial charge in [-0.15, -0.1) is 0 Å². The van der Waals surface area contributed by atoms with Crippen LogP contribution in [-0.2, 0) is 9.53 Å². The van der Waals surface area contributed by atoms with E-state index in [1.54, 1.807) is 36.4 Å². The average molecular weight is 342 g/mol. The Kier molecular flexibility index (Phi) is 6.39. The molecule has 25 heavy (non-hydrogen) atoms. The lowest BCUT2D eigenvalue weighted by molar-refractivity contribution is -0.119. The number of esters is 1. The van der Waals surface area contributed by atoms with Gasteiger partial charge in [0.2, 0.25) is 0 Å². The van der Waals surface area contributed by atoms with Crippen molar-refractivity contribution >= 4 is 23.3 Å². The lowest BCUT2D eigenvalue weighted by atomic mass is 10.2. The number of para-hydroxylation sites is 2. The number of hydrogen-bond donors (Lipinski definition) is 1. The van der Waals surface area contributed by atoms with E-state index in [1.807, 2.05) is 38.1 Å². The second-order valence-corrected chi connectivity index (χ2v) is 5.50. The van der Waals surface area contributed by atoms with Crippen LogP contribution in [0.4, 0.5) is 11.4 Å². The molecule has 0 bridgehead atoms. The van der Waals surface area contributed by atoms with Crippen LogP contribution in [-0.4, -0.2) is 39.2 Å². The number of carbonyl (C=O) groups excluding carboxylic acids is 2. The van der Waals surface area contributed by atoms with Crippen LogP contribution in [0, 0.1) is 0 Å². The molecule has 0 atom stereocenters. The van der Waals surface area contributed by atoms with E-state index in [4.69, 9.17) is 9.47 Å². The smallest absolute Gasteiger partial charge is 0.338 e. The number of carbonyl (C=O) groups is 2. The standard InChI is InChI=1S/C19H22N2O4/c1-4-24-17-11-6-5-10-16(17)20-18(22)13-25-19(23)14-8-7-9-15(12-14)21(2)3/h5-12H,4,13H2,1-3H3,(H,20,22). The third kappa shape index (κ3) is 5.24. The summed E-state index contributed by atoms with van der Waals surface area (Å²) in [5, 5.41) is 2.68. The van der Waals surface area contributed by atoms with Gasteiger partial charge in [0.05, 0.1) is 17.9 Å². The van der Waals surface area contributed by atoms with Crippen LogP contribution in [0.5, 0.6) is 5.75 Å². The van der Waals surface area contributed by atoms with Gasteiger partial charge in [-0.25, -0.2) is 4.79 Å². The Morgan fingerprint density at radius 3 is 2.56 bits per heavy atom. The molecule has 0 aliphatic carbocycles. The monoisotopic (exact) mass is 342 g/mol. The fourth-order valence-corrected chi connectivity index (χ4v) is 2.16. The van der Waals surface area contributed by atoms with Gasteiger partial charge >= 0.3 is 5.97 Å². The molecule has 132 valence electrons. The maximum atomic E-state index is 12.1. The summed E-state index contributed by atoms with van der Waals surface area (Å²) >= 11 is 0. The number of hydrogen-bond acceptors (Lipinski definition) is 5. The molecule has 2 aromatic carbocycles. The Hall–Kier alpha value is -3.02. The van der Waals surface area contributed by atoms with Gasteiger partial charge in [0.15, 0.2) is 6.61 Å². The molecule has 6 nitrogen and oxygen atoms in total. The Balaban J connectivity index is 1.94. The minimum absolute atomic E-state index is 0.370. The minimum Gasteiger partial charge on any atom is -0.492 e. The number of anilines is 2. The zero-order valence-corrected chi connectivity index (χ0v) is 14.6. The second kappa shape index (κ2) is 8.73. The van der Waals surface area contributed by atoms with Gasteiger partial charge < -0.3 is 19.7 Å². The first kappa shape index (κ1) is 18.3. The van der Waals surface area contributed by atoms with E-state index in [9.17, 15) is 9.59 Å². The molecule has 2 aromatic rings. The van der Waals surface area contributed by atoms with Crippen LogP contribution < -0.4 is 15.0 Å². The summed E-state index contributed by atoms with van der Waals surface area (Å²) < 4.78 is 10.5. The first-order valence-corrected chi connectivity index (χ1v) is 7.97. The maximum Gasteiger partial charge on any atom is 0.338 e. The number of benzene rings is 2. The molecule has 0 radical (unpaired) electrons. The maximum absolute atomic E-state index is 12.1. The lowest BCUT2D eigenvalue weighted by Gasteiger charge is -2.13. The molecule has 0 saturated carbocycles. The molecular weight excluding hydrogens is 320 g/mol. The summed E-state index contributed by atoms with van der Waals surface area (Å²) in [6.45, 7) is 1.98. The normalized spacial score (nSPS) is 10.0. The van der Waals surface area contributed by atoms with Crippen molar-refractivity contribution < 1.29 is 19.1 Å². The predicted octanol–water partition coefficient (Wildman–Crippen LogP) is 2.95. The van der Waals surface area contributed by atoms with Crippen molar-refractivity contribution in [3.05, 3.63) is 54.1 Å². The molecule has 0 heterocycles. The summed E-state index contributed by atoms with van der Waals surface area (Å²) in [6, 6.07) is 14.1. The predicted molar refractivity (Wildman–Crippen MR) is 97.3 cm³/mol. The van der Waals surface area contributed by atoms with Gasteiger partial charge in [0, 0.05) is 19.8 Å². The molecule has 0 unspecified atom stereocenters. The van der Waals surface area contributed by atoms with E-state index in [1.165, 1.54) is 0 Å². The van der Waals surface area contributed by atoms with Crippen LogP contribution >= 0.6 is 0 Å². The average Bonchev–Trinajstić information content (AvgIpc) is 2.61. The highest BCUT2D eigenvalue weighted by Crippen LogP contribution is 2.23. The largest absolute Gasteiger partial charge is 0.492 e. The van der Waals surface area contributed by atoms with Gasteiger partial charge in [-0.05, 0) is 37.3 Å². The van der Waals surface area contributed by atoms with Gasteiger partial charge in [-0.3, -0.25) is 4.79 Å². The van der Waals surface area contributed by atoms with Crippen molar-refractivity contribution in [3.63, 3.8) is 0 Å². The lowest BCUT2D eigenvalue weighted by Crippen LogP contribution is -2.21. The van der Waals surface area contributed by atoms with E-state index in [0.29, 0.717) is 23.6 Å². The van der Waals surface area contributed by atoms with Crippen molar-refractivity contribution in [2.24, 2.45) is 0 Å². The Labute approximate surface area is 147 Å². The van der Waals surface area contributed by atoms with Crippen LogP contribution in [0.15, 0.2) is 48.5 Å². The zero-order chi connectivity index (χ0) is 18.2. The van der Waals surface area contributed by atoms with Crippen LogP contribution in [0.3, 0.4) is 0 Å². The van der Waals surface area contributed by atoms with E-state index in [-0.39, 0.29) is 6.61 Å². The van der Waals surface area contributed by atoms with Crippen LogP contribution in [0.25, 0.3) is 0 Å². The Morgan fingerprint density at radius 1 is 1.08 bits per heavy atom. The van der Waals surface area contributed by atoms with E-state index < -0.39 is 11.9 Å². The Bertz CT molecular complexity index is 744. The van der Waals surface area contributed by atoms with Gasteiger partial charge in [-0.1, -0.05) is 18.2 Å². The van der Waals surface area contributed by atoms with Gasteiger partial charge in [-0.2, -0.15) is 0 Å². The van der Waals surface area contributed by atoms with Crippen molar-refractivity contribution in [3.8, 4) is 5.75 Å². The molecule has 1 N–H and O–H groups in total. The summed E-state index contributed by atoms with van der Waals surface area (Å²) in [5.41, 5.74) is 1.82. The summed E-state index contributed by atoms with van der Waals surface area (Å²) in [6.07, 6.45) is 0. The third-order valence-electron chi connectivity index (χ3n) is 3.39. The molecule has 0 saturated heterocycles. The van der Waals surface area contributed by atoms with Crippen molar-refractivity contribution in [1.82, 2.24) is 0 Å². The highest BCUT2D eigenvalue weighted by molar-refractivity contribution is 5.96. The third-order valence-corrected chi connectivity index (χ3v) is 3.39. The van der Waals surface area contributed by atoms with Crippen LogP contribution in [0.1, 0.15) is 17.3 Å². The van der Waals surface area contributed by atoms with Crippen molar-refractivity contribution in [2.45, 2.75) is 6.92 Å². The number of nitrogens with zero attached hydrogens (tertiary/aromatic N) is 1. The SMILES string of the molecule is CCOc1ccccc1NC(=O)COC(=O)c1cccc(N(C)C)c1. The quantitative estimate of drug-likeness (QED) is 0.784. The minimum atomic E-state index is -0.544. The highest BCUT2D eigenvalue weighted by Gasteiger charge is 2.12. The fourth-order valence-electron chi connectivity index (χ4n) is 2.16. The topological polar surface area (TPSA) is 67.9 Å². The first-order valence-electron chi connectivity index (χ1n) is 7.97. The number of nitrogens with one attached hydrogen (secondary N) is 1. The summed E-state index contributed by atoms with van der Waals surface area (Å²) in [5.74, 6) is -0.399. The number of ether oxygens (including phenoxy) is 2. The van der Waals surface area contributed by atoms with Gasteiger partial charge in [0.25, 0.3) is 5.91 Å². The molecule has 0 fully saturated rings. The molecule has 1 amide bonds. The molecule has 0 aliphatic heterocycles. The Morgan fingerprint density at radius 2 is 1.84 bits per heavy atom. The molecular formula is C19H22N2O4. The van der Waals surface area contributed by atoms with Crippen molar-refractivity contribution in [1.29, 1.82) is 0 Å². The number of rotatable bonds is 7. The number of amides is 1. The summed E-state index contributed by atoms with van der Waals surface area (Å²) in [4.78, 5) is 26.0. The molecule has 0 aromatic heterocycles. The molecule has 0 spiro atoms. The highest BCUT2D eigenvalue weighted by atomic mass is 16.5. The first-order chi connectivity index (χ1) is 12.0. The van der Waals surface area contributed by atoms with Crippen LogP contribution in [0.2, 0.25) is 0 Å². The molecule has 6 heteroatoms. The fraction of sp³-hybridized carbons (Fsp3) is 0.263. The second-order valence-electron chi connectivity index (χ2n) is 5.50. The van der Waals surface area contributed by atoms with Gasteiger partial charge in [0.1, 0.15) is 5.75 Å².